The molecule has 0 aliphatic heterocycles. The van der Waals surface area contributed by atoms with Crippen LogP contribution in [0.15, 0.2) is 11.8 Å². The third-order valence-electron chi connectivity index (χ3n) is 3.32. The van der Waals surface area contributed by atoms with Crippen LogP contribution in [0.5, 0.6) is 0 Å². The van der Waals surface area contributed by atoms with Crippen molar-refractivity contribution in [3.8, 4) is 0 Å². The summed E-state index contributed by atoms with van der Waals surface area (Å²) in [5.74, 6) is -0.549. The normalized spacial score (nSPS) is 14.8. The minimum atomic E-state index is -0.887. The van der Waals surface area contributed by atoms with Crippen molar-refractivity contribution in [2.45, 2.75) is 40.0 Å². The van der Waals surface area contributed by atoms with Crippen LogP contribution in [0.4, 0.5) is 0 Å². The zero-order chi connectivity index (χ0) is 15.1. The number of hydrogen-bond acceptors (Lipinski definition) is 3. The molecular formula is C15H26N2O3. The summed E-state index contributed by atoms with van der Waals surface area (Å²) in [6, 6.07) is 0. The Morgan fingerprint density at radius 1 is 1.35 bits per heavy atom. The van der Waals surface area contributed by atoms with E-state index in [4.69, 9.17) is 5.11 Å². The number of carbonyl (C=O) groups excluding carboxylic acids is 1. The minimum Gasteiger partial charge on any atom is -0.480 e. The molecule has 20 heavy (non-hydrogen) atoms. The van der Waals surface area contributed by atoms with Gasteiger partial charge in [-0.1, -0.05) is 19.9 Å². The van der Waals surface area contributed by atoms with E-state index in [1.54, 1.807) is 9.80 Å². The van der Waals surface area contributed by atoms with Crippen LogP contribution in [-0.2, 0) is 9.59 Å². The molecule has 5 heteroatoms. The monoisotopic (exact) mass is 282 g/mol. The average molecular weight is 282 g/mol. The van der Waals surface area contributed by atoms with E-state index in [1.165, 1.54) is 0 Å². The van der Waals surface area contributed by atoms with E-state index in [-0.39, 0.29) is 19.0 Å². The Hall–Kier alpha value is -1.36. The zero-order valence-electron chi connectivity index (χ0n) is 12.8. The quantitative estimate of drug-likeness (QED) is 0.739. The van der Waals surface area contributed by atoms with E-state index in [0.717, 1.165) is 25.0 Å². The highest BCUT2D eigenvalue weighted by molar-refractivity contribution is 5.81. The van der Waals surface area contributed by atoms with E-state index in [1.807, 2.05) is 20.8 Å². The van der Waals surface area contributed by atoms with Crippen molar-refractivity contribution in [1.82, 2.24) is 9.80 Å². The molecular weight excluding hydrogens is 256 g/mol. The van der Waals surface area contributed by atoms with Crippen LogP contribution in [-0.4, -0.2) is 53.0 Å². The maximum Gasteiger partial charge on any atom is 0.317 e. The molecule has 0 bridgehead atoms. The van der Waals surface area contributed by atoms with Gasteiger partial charge in [-0.15, -0.1) is 0 Å². The molecule has 0 radical (unpaired) electrons. The van der Waals surface area contributed by atoms with Crippen molar-refractivity contribution in [3.63, 3.8) is 0 Å². The van der Waals surface area contributed by atoms with Gasteiger partial charge in [-0.2, -0.15) is 0 Å². The van der Waals surface area contributed by atoms with Crippen molar-refractivity contribution >= 4 is 11.9 Å². The van der Waals surface area contributed by atoms with Gasteiger partial charge in [0.25, 0.3) is 0 Å². The Labute approximate surface area is 121 Å². The predicted octanol–water partition coefficient (Wildman–Crippen LogP) is 1.95. The predicted molar refractivity (Wildman–Crippen MR) is 78.2 cm³/mol. The standard InChI is InChI=1S/C15H26N2O3/c1-4-17(13-7-5-6-8-13)14(18)10-16(9-12(2)3)11-15(19)20/h7,12H,4-6,8-11H2,1-3H3,(H,19,20). The first-order valence-electron chi connectivity index (χ1n) is 7.37. The molecule has 0 spiro atoms. The summed E-state index contributed by atoms with van der Waals surface area (Å²) in [6.07, 6.45) is 5.20. The summed E-state index contributed by atoms with van der Waals surface area (Å²) in [4.78, 5) is 26.8. The Kier molecular flexibility index (Phi) is 6.71. The zero-order valence-corrected chi connectivity index (χ0v) is 12.8. The molecule has 0 saturated heterocycles. The molecule has 0 unspecified atom stereocenters. The second kappa shape index (κ2) is 8.04. The lowest BCUT2D eigenvalue weighted by Gasteiger charge is -2.27. The van der Waals surface area contributed by atoms with Gasteiger partial charge in [0, 0.05) is 18.8 Å². The molecule has 0 aromatic carbocycles. The number of nitrogens with zero attached hydrogens (tertiary/aromatic N) is 2. The second-order valence-corrected chi connectivity index (χ2v) is 5.68. The second-order valence-electron chi connectivity index (χ2n) is 5.68. The molecule has 1 N–H and O–H groups in total. The smallest absolute Gasteiger partial charge is 0.317 e. The summed E-state index contributed by atoms with van der Waals surface area (Å²) in [5, 5.41) is 8.94. The molecule has 1 aliphatic rings. The Morgan fingerprint density at radius 3 is 2.50 bits per heavy atom. The Balaban J connectivity index is 2.64. The van der Waals surface area contributed by atoms with Crippen LogP contribution in [0.25, 0.3) is 0 Å². The molecule has 0 aromatic rings. The van der Waals surface area contributed by atoms with Crippen LogP contribution in [0, 0.1) is 5.92 Å². The first-order chi connectivity index (χ1) is 9.43. The first-order valence-corrected chi connectivity index (χ1v) is 7.37. The maximum absolute atomic E-state index is 12.4. The molecule has 114 valence electrons. The Morgan fingerprint density at radius 2 is 2.05 bits per heavy atom. The molecule has 1 amide bonds. The van der Waals surface area contributed by atoms with E-state index in [0.29, 0.717) is 19.0 Å². The largest absolute Gasteiger partial charge is 0.480 e. The van der Waals surface area contributed by atoms with Crippen molar-refractivity contribution in [3.05, 3.63) is 11.8 Å². The lowest BCUT2D eigenvalue weighted by Crippen LogP contribution is -2.43. The molecule has 0 fully saturated rings. The molecule has 0 saturated carbocycles. The van der Waals surface area contributed by atoms with Crippen LogP contribution in [0.2, 0.25) is 0 Å². The van der Waals surface area contributed by atoms with Gasteiger partial charge in [0.2, 0.25) is 5.91 Å². The summed E-state index contributed by atoms with van der Waals surface area (Å²) >= 11 is 0. The van der Waals surface area contributed by atoms with Crippen LogP contribution >= 0.6 is 0 Å². The van der Waals surface area contributed by atoms with Crippen molar-refractivity contribution < 1.29 is 14.7 Å². The maximum atomic E-state index is 12.4. The number of carboxylic acids is 1. The number of allylic oxidation sites excluding steroid dienone is 2. The molecule has 1 rings (SSSR count). The third kappa shape index (κ3) is 5.33. The molecule has 0 aromatic heterocycles. The fourth-order valence-electron chi connectivity index (χ4n) is 2.61. The van der Waals surface area contributed by atoms with Gasteiger partial charge in [-0.25, -0.2) is 0 Å². The van der Waals surface area contributed by atoms with Crippen molar-refractivity contribution in [2.24, 2.45) is 5.92 Å². The van der Waals surface area contributed by atoms with Gasteiger partial charge < -0.3 is 10.0 Å². The molecule has 0 atom stereocenters. The van der Waals surface area contributed by atoms with Crippen LogP contribution in [0.3, 0.4) is 0 Å². The summed E-state index contributed by atoms with van der Waals surface area (Å²) < 4.78 is 0. The van der Waals surface area contributed by atoms with Gasteiger partial charge >= 0.3 is 5.97 Å². The van der Waals surface area contributed by atoms with Gasteiger partial charge in [-0.05, 0) is 32.1 Å². The van der Waals surface area contributed by atoms with Gasteiger partial charge in [0.1, 0.15) is 0 Å². The highest BCUT2D eigenvalue weighted by atomic mass is 16.4. The fraction of sp³-hybridized carbons (Fsp3) is 0.733. The lowest BCUT2D eigenvalue weighted by atomic mass is 10.2. The number of amides is 1. The van der Waals surface area contributed by atoms with Crippen molar-refractivity contribution in [2.75, 3.05) is 26.2 Å². The third-order valence-corrected chi connectivity index (χ3v) is 3.32. The van der Waals surface area contributed by atoms with Gasteiger partial charge in [0.15, 0.2) is 0 Å². The minimum absolute atomic E-state index is 0.00236. The van der Waals surface area contributed by atoms with Gasteiger partial charge in [-0.3, -0.25) is 14.5 Å². The number of carbonyl (C=O) groups is 2. The number of hydrogen-bond donors (Lipinski definition) is 1. The SMILES string of the molecule is CCN(C(=O)CN(CC(=O)O)CC(C)C)C1=CCCC1. The molecule has 0 heterocycles. The highest BCUT2D eigenvalue weighted by Crippen LogP contribution is 2.21. The first kappa shape index (κ1) is 16.7. The van der Waals surface area contributed by atoms with E-state index in [2.05, 4.69) is 6.08 Å². The number of aliphatic carboxylic acids is 1. The Bertz CT molecular complexity index is 377. The van der Waals surface area contributed by atoms with Crippen LogP contribution in [0.1, 0.15) is 40.0 Å². The highest BCUT2D eigenvalue weighted by Gasteiger charge is 2.22. The fourth-order valence-corrected chi connectivity index (χ4v) is 2.61. The molecule has 1 aliphatic carbocycles. The van der Waals surface area contributed by atoms with E-state index >= 15 is 0 Å². The number of likely N-dealkylation sites (N-methyl/N-ethyl adjacent to an activating group) is 1. The summed E-state index contributed by atoms with van der Waals surface area (Å²) in [7, 11) is 0. The lowest BCUT2D eigenvalue weighted by molar-refractivity contribution is -0.139. The molecule has 5 nitrogen and oxygen atoms in total. The summed E-state index contributed by atoms with van der Waals surface area (Å²) in [6.45, 7) is 7.37. The summed E-state index contributed by atoms with van der Waals surface area (Å²) in [5.41, 5.74) is 1.09. The van der Waals surface area contributed by atoms with Crippen LogP contribution < -0.4 is 0 Å². The van der Waals surface area contributed by atoms with E-state index < -0.39 is 5.97 Å². The topological polar surface area (TPSA) is 60.9 Å². The number of carboxylic acid groups (broad SMARTS) is 1. The van der Waals surface area contributed by atoms with E-state index in [9.17, 15) is 9.59 Å². The van der Waals surface area contributed by atoms with Gasteiger partial charge in [0.05, 0.1) is 13.1 Å². The average Bonchev–Trinajstić information content (AvgIpc) is 2.81. The van der Waals surface area contributed by atoms with Crippen molar-refractivity contribution in [1.29, 1.82) is 0 Å². The number of rotatable bonds is 8.